The van der Waals surface area contributed by atoms with E-state index in [2.05, 4.69) is 30.1 Å². The smallest absolute Gasteiger partial charge is 0.0666 e. The Morgan fingerprint density at radius 1 is 1.11 bits per heavy atom. The van der Waals surface area contributed by atoms with E-state index in [4.69, 9.17) is 11.6 Å². The molecule has 0 saturated heterocycles. The molecule has 2 heteroatoms. The number of aromatic nitrogens is 1. The van der Waals surface area contributed by atoms with Crippen molar-refractivity contribution < 1.29 is 0 Å². The van der Waals surface area contributed by atoms with Crippen LogP contribution >= 0.6 is 11.6 Å². The predicted octanol–water partition coefficient (Wildman–Crippen LogP) is 4.65. The van der Waals surface area contributed by atoms with Gasteiger partial charge in [0.05, 0.1) is 5.38 Å². The molecule has 1 heterocycles. The minimum absolute atomic E-state index is 0.0131. The lowest BCUT2D eigenvalue weighted by Crippen LogP contribution is -2.05. The van der Waals surface area contributed by atoms with Gasteiger partial charge in [0.2, 0.25) is 0 Å². The van der Waals surface area contributed by atoms with Crippen LogP contribution in [0.25, 0.3) is 0 Å². The van der Waals surface area contributed by atoms with Gasteiger partial charge in [0.1, 0.15) is 0 Å². The quantitative estimate of drug-likeness (QED) is 0.740. The average Bonchev–Trinajstić information content (AvgIpc) is 2.94. The fraction of sp³-hybridized carbons (Fsp3) is 0.353. The van der Waals surface area contributed by atoms with Gasteiger partial charge in [0, 0.05) is 17.8 Å². The number of hydrogen-bond acceptors (Lipinski definition) is 1. The Morgan fingerprint density at radius 2 is 1.95 bits per heavy atom. The number of pyridine rings is 1. The van der Waals surface area contributed by atoms with Gasteiger partial charge < -0.3 is 0 Å². The largest absolute Gasteiger partial charge is 0.261 e. The summed E-state index contributed by atoms with van der Waals surface area (Å²) in [6.45, 7) is 2.15. The molecule has 2 aromatic rings. The molecular formula is C17H18ClN. The molecule has 1 nitrogen and oxygen atoms in total. The van der Waals surface area contributed by atoms with Crippen molar-refractivity contribution in [2.75, 3.05) is 0 Å². The SMILES string of the molecule is CC(c1ccccn1)C(Cl)c1ccc2c(c1)CCC2. The highest BCUT2D eigenvalue weighted by Crippen LogP contribution is 2.36. The first-order valence-electron chi connectivity index (χ1n) is 6.92. The summed E-state index contributed by atoms with van der Waals surface area (Å²) in [5.41, 5.74) is 5.26. The monoisotopic (exact) mass is 271 g/mol. The molecule has 0 saturated carbocycles. The van der Waals surface area contributed by atoms with Crippen molar-refractivity contribution in [3.05, 3.63) is 65.0 Å². The number of nitrogens with zero attached hydrogens (tertiary/aromatic N) is 1. The third-order valence-corrected chi connectivity index (χ3v) is 4.66. The van der Waals surface area contributed by atoms with Crippen LogP contribution in [0, 0.1) is 0 Å². The van der Waals surface area contributed by atoms with Gasteiger partial charge in [0.25, 0.3) is 0 Å². The molecule has 0 N–H and O–H groups in total. The average molecular weight is 272 g/mol. The Kier molecular flexibility index (Phi) is 3.56. The van der Waals surface area contributed by atoms with Crippen molar-refractivity contribution in [2.24, 2.45) is 0 Å². The highest BCUT2D eigenvalue weighted by atomic mass is 35.5. The molecule has 2 unspecified atom stereocenters. The van der Waals surface area contributed by atoms with Crippen LogP contribution in [0.15, 0.2) is 42.6 Å². The summed E-state index contributed by atoms with van der Waals surface area (Å²) in [4.78, 5) is 4.41. The summed E-state index contributed by atoms with van der Waals surface area (Å²) < 4.78 is 0. The second-order valence-electron chi connectivity index (χ2n) is 5.33. The summed E-state index contributed by atoms with van der Waals surface area (Å²) in [6, 6.07) is 12.7. The van der Waals surface area contributed by atoms with Gasteiger partial charge in [-0.25, -0.2) is 0 Å². The van der Waals surface area contributed by atoms with Crippen LogP contribution in [0.4, 0.5) is 0 Å². The molecule has 0 radical (unpaired) electrons. The molecule has 0 spiro atoms. The minimum atomic E-state index is -0.0131. The first kappa shape index (κ1) is 12.7. The third-order valence-electron chi connectivity index (χ3n) is 4.03. The van der Waals surface area contributed by atoms with E-state index in [1.54, 1.807) is 0 Å². The van der Waals surface area contributed by atoms with Crippen LogP contribution in [-0.4, -0.2) is 4.98 Å². The molecule has 3 rings (SSSR count). The van der Waals surface area contributed by atoms with Gasteiger partial charge in [-0.2, -0.15) is 0 Å². The number of hydrogen-bond donors (Lipinski definition) is 0. The van der Waals surface area contributed by atoms with Crippen molar-refractivity contribution in [1.82, 2.24) is 4.98 Å². The summed E-state index contributed by atoms with van der Waals surface area (Å²) in [6.07, 6.45) is 5.53. The second-order valence-corrected chi connectivity index (χ2v) is 5.80. The summed E-state index contributed by atoms with van der Waals surface area (Å²) in [7, 11) is 0. The molecule has 1 aliphatic rings. The molecule has 19 heavy (non-hydrogen) atoms. The summed E-state index contributed by atoms with van der Waals surface area (Å²) in [5.74, 6) is 0.224. The maximum absolute atomic E-state index is 6.65. The van der Waals surface area contributed by atoms with Gasteiger partial charge >= 0.3 is 0 Å². The number of alkyl halides is 1. The highest BCUT2D eigenvalue weighted by Gasteiger charge is 2.21. The molecule has 0 amide bonds. The van der Waals surface area contributed by atoms with Gasteiger partial charge in [-0.15, -0.1) is 11.6 Å². The fourth-order valence-electron chi connectivity index (χ4n) is 2.85. The van der Waals surface area contributed by atoms with E-state index in [0.29, 0.717) is 0 Å². The molecule has 1 aromatic heterocycles. The molecule has 1 aromatic carbocycles. The summed E-state index contributed by atoms with van der Waals surface area (Å²) >= 11 is 6.65. The zero-order valence-corrected chi connectivity index (χ0v) is 11.9. The Morgan fingerprint density at radius 3 is 2.74 bits per heavy atom. The van der Waals surface area contributed by atoms with E-state index in [1.807, 2.05) is 24.4 Å². The minimum Gasteiger partial charge on any atom is -0.261 e. The number of fused-ring (bicyclic) bond motifs is 1. The molecule has 0 aliphatic heterocycles. The molecular weight excluding hydrogens is 254 g/mol. The lowest BCUT2D eigenvalue weighted by molar-refractivity contribution is 0.706. The van der Waals surface area contributed by atoms with E-state index < -0.39 is 0 Å². The first-order valence-corrected chi connectivity index (χ1v) is 7.36. The van der Waals surface area contributed by atoms with Gasteiger partial charge in [0.15, 0.2) is 0 Å². The zero-order chi connectivity index (χ0) is 13.2. The molecule has 98 valence electrons. The van der Waals surface area contributed by atoms with Crippen LogP contribution in [0.2, 0.25) is 0 Å². The van der Waals surface area contributed by atoms with Crippen LogP contribution in [0.3, 0.4) is 0 Å². The van der Waals surface area contributed by atoms with Crippen molar-refractivity contribution >= 4 is 11.6 Å². The molecule has 2 atom stereocenters. The van der Waals surface area contributed by atoms with E-state index in [1.165, 1.54) is 36.0 Å². The Balaban J connectivity index is 1.86. The predicted molar refractivity (Wildman–Crippen MR) is 79.7 cm³/mol. The molecule has 0 fully saturated rings. The maximum atomic E-state index is 6.65. The summed E-state index contributed by atoms with van der Waals surface area (Å²) in [5, 5.41) is -0.0131. The Bertz CT molecular complexity index is 565. The van der Waals surface area contributed by atoms with Crippen molar-refractivity contribution in [1.29, 1.82) is 0 Å². The van der Waals surface area contributed by atoms with E-state index in [0.717, 1.165) is 5.69 Å². The number of benzene rings is 1. The number of halogens is 1. The first-order chi connectivity index (χ1) is 9.25. The number of aryl methyl sites for hydroxylation is 2. The van der Waals surface area contributed by atoms with Crippen molar-refractivity contribution in [3.8, 4) is 0 Å². The molecule has 0 bridgehead atoms. The topological polar surface area (TPSA) is 12.9 Å². The molecule has 1 aliphatic carbocycles. The van der Waals surface area contributed by atoms with Gasteiger partial charge in [-0.3, -0.25) is 4.98 Å². The van der Waals surface area contributed by atoms with Crippen LogP contribution in [-0.2, 0) is 12.8 Å². The van der Waals surface area contributed by atoms with Crippen molar-refractivity contribution in [3.63, 3.8) is 0 Å². The Hall–Kier alpha value is -1.34. The fourth-order valence-corrected chi connectivity index (χ4v) is 3.11. The van der Waals surface area contributed by atoms with Gasteiger partial charge in [-0.05, 0) is 48.1 Å². The normalized spacial score (nSPS) is 16.9. The van der Waals surface area contributed by atoms with E-state index in [-0.39, 0.29) is 11.3 Å². The van der Waals surface area contributed by atoms with Crippen LogP contribution in [0.5, 0.6) is 0 Å². The maximum Gasteiger partial charge on any atom is 0.0666 e. The van der Waals surface area contributed by atoms with E-state index in [9.17, 15) is 0 Å². The standard InChI is InChI=1S/C17H18ClN/c1-12(16-7-2-3-10-19-16)17(18)15-9-8-13-5-4-6-14(13)11-15/h2-3,7-12,17H,4-6H2,1H3. The third kappa shape index (κ3) is 2.52. The van der Waals surface area contributed by atoms with Gasteiger partial charge in [-0.1, -0.05) is 31.2 Å². The van der Waals surface area contributed by atoms with Crippen LogP contribution in [0.1, 0.15) is 47.0 Å². The lowest BCUT2D eigenvalue weighted by Gasteiger charge is -2.18. The van der Waals surface area contributed by atoms with Crippen molar-refractivity contribution in [2.45, 2.75) is 37.5 Å². The lowest BCUT2D eigenvalue weighted by atomic mass is 9.95. The highest BCUT2D eigenvalue weighted by molar-refractivity contribution is 6.21. The second kappa shape index (κ2) is 5.34. The zero-order valence-electron chi connectivity index (χ0n) is 11.1. The van der Waals surface area contributed by atoms with Crippen LogP contribution < -0.4 is 0 Å². The number of rotatable bonds is 3. The van der Waals surface area contributed by atoms with E-state index >= 15 is 0 Å². The Labute approximate surface area is 119 Å².